The summed E-state index contributed by atoms with van der Waals surface area (Å²) >= 11 is 0. The van der Waals surface area contributed by atoms with Crippen molar-refractivity contribution in [2.45, 2.75) is 44.2 Å². The third kappa shape index (κ3) is 3.30. The van der Waals surface area contributed by atoms with Crippen molar-refractivity contribution in [1.82, 2.24) is 0 Å². The van der Waals surface area contributed by atoms with Crippen molar-refractivity contribution in [3.05, 3.63) is 33.9 Å². The Bertz CT molecular complexity index is 575. The molecule has 0 radical (unpaired) electrons. The van der Waals surface area contributed by atoms with Gasteiger partial charge in [-0.1, -0.05) is 6.07 Å². The average molecular weight is 293 g/mol. The monoisotopic (exact) mass is 293 g/mol. The number of ether oxygens (including phenoxy) is 1. The van der Waals surface area contributed by atoms with Gasteiger partial charge in [-0.15, -0.1) is 0 Å². The van der Waals surface area contributed by atoms with Gasteiger partial charge >= 0.3 is 5.69 Å². The number of nitrogens with zero attached hydrogens (tertiary/aromatic N) is 1. The third-order valence-electron chi connectivity index (χ3n) is 3.84. The van der Waals surface area contributed by atoms with E-state index in [2.05, 4.69) is 0 Å². The van der Waals surface area contributed by atoms with Crippen LogP contribution in [0, 0.1) is 17.0 Å². The molecule has 0 spiro atoms. The summed E-state index contributed by atoms with van der Waals surface area (Å²) in [5.41, 5.74) is 10.9. The van der Waals surface area contributed by atoms with Crippen molar-refractivity contribution in [2.24, 2.45) is 11.5 Å². The number of nitrogens with two attached hydrogens (primary N) is 2. The van der Waals surface area contributed by atoms with Crippen LogP contribution in [0.15, 0.2) is 18.2 Å². The second kappa shape index (κ2) is 5.69. The second-order valence-electron chi connectivity index (χ2n) is 5.58. The van der Waals surface area contributed by atoms with Crippen molar-refractivity contribution in [2.75, 3.05) is 0 Å². The molecule has 0 aromatic heterocycles. The minimum absolute atomic E-state index is 0.0812. The molecular weight excluding hydrogens is 274 g/mol. The molecule has 2 rings (SSSR count). The number of benzene rings is 1. The molecule has 1 saturated carbocycles. The van der Waals surface area contributed by atoms with Gasteiger partial charge in [0.25, 0.3) is 0 Å². The van der Waals surface area contributed by atoms with Crippen LogP contribution in [0.5, 0.6) is 5.75 Å². The lowest BCUT2D eigenvalue weighted by molar-refractivity contribution is -0.386. The lowest BCUT2D eigenvalue weighted by Gasteiger charge is -2.35. The number of nitro benzene ring substituents is 1. The van der Waals surface area contributed by atoms with E-state index in [4.69, 9.17) is 16.2 Å². The van der Waals surface area contributed by atoms with Crippen LogP contribution in [-0.2, 0) is 4.79 Å². The highest BCUT2D eigenvalue weighted by Crippen LogP contribution is 2.33. The zero-order valence-electron chi connectivity index (χ0n) is 11.9. The minimum Gasteiger partial charge on any atom is -0.483 e. The number of aryl methyl sites for hydroxylation is 1. The van der Waals surface area contributed by atoms with Gasteiger partial charge in [0.15, 0.2) is 5.75 Å². The molecule has 0 saturated heterocycles. The van der Waals surface area contributed by atoms with Gasteiger partial charge in [-0.05, 0) is 37.8 Å². The molecule has 0 bridgehead atoms. The molecule has 2 unspecified atom stereocenters. The van der Waals surface area contributed by atoms with Gasteiger partial charge < -0.3 is 16.2 Å². The van der Waals surface area contributed by atoms with Crippen molar-refractivity contribution in [3.8, 4) is 5.75 Å². The van der Waals surface area contributed by atoms with E-state index in [-0.39, 0.29) is 24.0 Å². The van der Waals surface area contributed by atoms with Crippen LogP contribution in [-0.4, -0.2) is 22.5 Å². The Morgan fingerprint density at radius 2 is 2.24 bits per heavy atom. The number of nitro groups is 1. The summed E-state index contributed by atoms with van der Waals surface area (Å²) in [5.74, 6) is -0.362. The predicted molar refractivity (Wildman–Crippen MR) is 76.8 cm³/mol. The first-order valence-corrected chi connectivity index (χ1v) is 6.82. The summed E-state index contributed by atoms with van der Waals surface area (Å²) in [6.45, 7) is 1.77. The zero-order valence-corrected chi connectivity index (χ0v) is 11.9. The maximum Gasteiger partial charge on any atom is 0.311 e. The van der Waals surface area contributed by atoms with Crippen molar-refractivity contribution < 1.29 is 14.5 Å². The molecule has 7 nitrogen and oxygen atoms in total. The van der Waals surface area contributed by atoms with Gasteiger partial charge in [0.2, 0.25) is 5.91 Å². The molecule has 7 heteroatoms. The smallest absolute Gasteiger partial charge is 0.311 e. The van der Waals surface area contributed by atoms with E-state index >= 15 is 0 Å². The number of carbonyl (C=O) groups is 1. The largest absolute Gasteiger partial charge is 0.483 e. The van der Waals surface area contributed by atoms with Crippen molar-refractivity contribution in [3.63, 3.8) is 0 Å². The van der Waals surface area contributed by atoms with Crippen LogP contribution in [0.3, 0.4) is 0 Å². The number of rotatable bonds is 4. The molecule has 1 aliphatic carbocycles. The molecule has 0 aliphatic heterocycles. The molecule has 21 heavy (non-hydrogen) atoms. The summed E-state index contributed by atoms with van der Waals surface area (Å²) in [7, 11) is 0. The molecule has 4 N–H and O–H groups in total. The molecular formula is C14H19N3O4. The third-order valence-corrected chi connectivity index (χ3v) is 3.84. The summed E-state index contributed by atoms with van der Waals surface area (Å²) in [5, 5.41) is 11.1. The second-order valence-corrected chi connectivity index (χ2v) is 5.58. The number of hydrogen-bond donors (Lipinski definition) is 2. The molecule has 1 aromatic rings. The summed E-state index contributed by atoms with van der Waals surface area (Å²) in [6, 6.07) is 4.78. The van der Waals surface area contributed by atoms with Crippen LogP contribution in [0.1, 0.15) is 31.2 Å². The Kier molecular flexibility index (Phi) is 4.13. The van der Waals surface area contributed by atoms with E-state index in [1.807, 2.05) is 0 Å². The van der Waals surface area contributed by atoms with Crippen molar-refractivity contribution in [1.29, 1.82) is 0 Å². The summed E-state index contributed by atoms with van der Waals surface area (Å²) < 4.78 is 5.72. The van der Waals surface area contributed by atoms with Crippen LogP contribution < -0.4 is 16.2 Å². The standard InChI is InChI=1S/C14H19N3O4/c1-9-4-5-12(11(7-9)17(19)20)21-10-3-2-6-14(16,8-10)13(15)18/h4-5,7,10H,2-3,6,8,16H2,1H3,(H2,15,18). The number of hydrogen-bond acceptors (Lipinski definition) is 5. The lowest BCUT2D eigenvalue weighted by Crippen LogP contribution is -2.56. The molecule has 1 aromatic carbocycles. The quantitative estimate of drug-likeness (QED) is 0.642. The van der Waals surface area contributed by atoms with E-state index in [1.54, 1.807) is 19.1 Å². The highest BCUT2D eigenvalue weighted by Gasteiger charge is 2.39. The van der Waals surface area contributed by atoms with Crippen LogP contribution in [0.25, 0.3) is 0 Å². The molecule has 0 heterocycles. The Labute approximate surface area is 122 Å². The SMILES string of the molecule is Cc1ccc(OC2CCCC(N)(C(N)=O)C2)c([N+](=O)[O-])c1. The average Bonchev–Trinajstić information content (AvgIpc) is 2.40. The van der Waals surface area contributed by atoms with Gasteiger partial charge in [-0.25, -0.2) is 0 Å². The first-order chi connectivity index (χ1) is 9.82. The molecule has 1 fully saturated rings. The highest BCUT2D eigenvalue weighted by atomic mass is 16.6. The number of carbonyl (C=O) groups excluding carboxylic acids is 1. The fourth-order valence-electron chi connectivity index (χ4n) is 2.63. The minimum atomic E-state index is -1.09. The summed E-state index contributed by atoms with van der Waals surface area (Å²) in [6.07, 6.45) is 1.82. The van der Waals surface area contributed by atoms with E-state index in [0.29, 0.717) is 19.3 Å². The van der Waals surface area contributed by atoms with Crippen molar-refractivity contribution >= 4 is 11.6 Å². The van der Waals surface area contributed by atoms with Gasteiger partial charge in [0, 0.05) is 12.5 Å². The highest BCUT2D eigenvalue weighted by molar-refractivity contribution is 5.84. The normalized spacial score (nSPS) is 25.3. The predicted octanol–water partition coefficient (Wildman–Crippen LogP) is 1.41. The molecule has 1 aliphatic rings. The Balaban J connectivity index is 2.19. The fraction of sp³-hybridized carbons (Fsp3) is 0.500. The van der Waals surface area contributed by atoms with E-state index in [0.717, 1.165) is 5.56 Å². The van der Waals surface area contributed by atoms with Gasteiger partial charge in [-0.2, -0.15) is 0 Å². The molecule has 114 valence electrons. The first-order valence-electron chi connectivity index (χ1n) is 6.82. The Hall–Kier alpha value is -2.15. The maximum absolute atomic E-state index is 11.4. The lowest BCUT2D eigenvalue weighted by atomic mass is 9.80. The molecule has 1 amide bonds. The fourth-order valence-corrected chi connectivity index (χ4v) is 2.63. The maximum atomic E-state index is 11.4. The Morgan fingerprint density at radius 3 is 2.86 bits per heavy atom. The first kappa shape index (κ1) is 15.2. The van der Waals surface area contributed by atoms with Gasteiger partial charge in [0.05, 0.1) is 10.5 Å². The van der Waals surface area contributed by atoms with E-state index < -0.39 is 16.4 Å². The summed E-state index contributed by atoms with van der Waals surface area (Å²) in [4.78, 5) is 22.0. The number of primary amides is 1. The van der Waals surface area contributed by atoms with E-state index in [9.17, 15) is 14.9 Å². The zero-order chi connectivity index (χ0) is 15.6. The van der Waals surface area contributed by atoms with Gasteiger partial charge in [0.1, 0.15) is 6.10 Å². The van der Waals surface area contributed by atoms with Crippen LogP contribution >= 0.6 is 0 Å². The van der Waals surface area contributed by atoms with Gasteiger partial charge in [-0.3, -0.25) is 14.9 Å². The number of amides is 1. The van der Waals surface area contributed by atoms with Crippen LogP contribution in [0.2, 0.25) is 0 Å². The van der Waals surface area contributed by atoms with E-state index in [1.165, 1.54) is 6.07 Å². The molecule has 2 atom stereocenters. The topological polar surface area (TPSA) is 121 Å². The Morgan fingerprint density at radius 1 is 1.52 bits per heavy atom. The van der Waals surface area contributed by atoms with Crippen LogP contribution in [0.4, 0.5) is 5.69 Å².